The van der Waals surface area contributed by atoms with Gasteiger partial charge in [-0.3, -0.25) is 0 Å². The van der Waals surface area contributed by atoms with Crippen molar-refractivity contribution in [3.63, 3.8) is 0 Å². The number of carboxylic acids is 1. The van der Waals surface area contributed by atoms with Crippen molar-refractivity contribution in [2.24, 2.45) is 0 Å². The third kappa shape index (κ3) is 4.80. The number of fused-ring (bicyclic) bond motifs is 3. The third-order valence-corrected chi connectivity index (χ3v) is 5.78. The van der Waals surface area contributed by atoms with E-state index in [1.54, 1.807) is 12.1 Å². The Morgan fingerprint density at radius 3 is 2.25 bits per heavy atom. The molecule has 32 heavy (non-hydrogen) atoms. The molecule has 1 aliphatic rings. The molecule has 0 aromatic heterocycles. The summed E-state index contributed by atoms with van der Waals surface area (Å²) in [7, 11) is 0. The molecule has 5 nitrogen and oxygen atoms in total. The molecule has 0 saturated heterocycles. The lowest BCUT2D eigenvalue weighted by molar-refractivity contribution is -0.139. The molecule has 2 N–H and O–H groups in total. The zero-order valence-electron chi connectivity index (χ0n) is 17.5. The van der Waals surface area contributed by atoms with E-state index in [-0.39, 0.29) is 24.8 Å². The van der Waals surface area contributed by atoms with Gasteiger partial charge in [0, 0.05) is 5.92 Å². The molecule has 0 heterocycles. The van der Waals surface area contributed by atoms with E-state index in [9.17, 15) is 19.1 Å². The van der Waals surface area contributed by atoms with Crippen molar-refractivity contribution < 1.29 is 23.8 Å². The third-order valence-electron chi connectivity index (χ3n) is 5.78. The molecular weight excluding hydrogens is 409 g/mol. The number of alkyl carbamates (subject to hydrolysis) is 1. The molecule has 1 amide bonds. The molecule has 0 saturated carbocycles. The Labute approximate surface area is 185 Å². The van der Waals surface area contributed by atoms with Gasteiger partial charge < -0.3 is 15.2 Å². The molecule has 4 rings (SSSR count). The number of carbonyl (C=O) groups excluding carboxylic acids is 1. The van der Waals surface area contributed by atoms with E-state index in [1.165, 1.54) is 12.1 Å². The number of halogens is 1. The monoisotopic (exact) mass is 433 g/mol. The highest BCUT2D eigenvalue weighted by atomic mass is 19.1. The van der Waals surface area contributed by atoms with Crippen LogP contribution in [0, 0.1) is 5.82 Å². The Morgan fingerprint density at radius 2 is 1.62 bits per heavy atom. The Bertz CT molecular complexity index is 1080. The van der Waals surface area contributed by atoms with Gasteiger partial charge in [0.15, 0.2) is 0 Å². The molecule has 3 aromatic carbocycles. The van der Waals surface area contributed by atoms with Crippen LogP contribution >= 0.6 is 0 Å². The maximum absolute atomic E-state index is 13.3. The normalized spacial score (nSPS) is 13.2. The molecule has 0 unspecified atom stereocenters. The summed E-state index contributed by atoms with van der Waals surface area (Å²) in [4.78, 5) is 24.0. The standard InChI is InChI=1S/C26H24FNO4/c27-18-9-5-7-17(15-18)8-6-14-24(25(29)30)28-26(31)32-16-23-21-12-3-1-10-19(21)20-11-2-4-13-22(20)23/h1-5,7,9-13,15,23-24H,6,8,14,16H2,(H,28,31)(H,29,30)/t24-/m0/s1. The zero-order chi connectivity index (χ0) is 22.5. The van der Waals surface area contributed by atoms with Crippen molar-refractivity contribution in [2.45, 2.75) is 31.2 Å². The number of hydrogen-bond donors (Lipinski definition) is 2. The fraction of sp³-hybridized carbons (Fsp3) is 0.231. The maximum atomic E-state index is 13.3. The number of ether oxygens (including phenoxy) is 1. The largest absolute Gasteiger partial charge is 0.480 e. The first-order chi connectivity index (χ1) is 15.5. The summed E-state index contributed by atoms with van der Waals surface area (Å²) < 4.78 is 18.7. The fourth-order valence-corrected chi connectivity index (χ4v) is 4.24. The number of carboxylic acid groups (broad SMARTS) is 1. The van der Waals surface area contributed by atoms with Crippen LogP contribution in [0.25, 0.3) is 11.1 Å². The van der Waals surface area contributed by atoms with Crippen molar-refractivity contribution in [3.05, 3.63) is 95.3 Å². The van der Waals surface area contributed by atoms with E-state index in [0.717, 1.165) is 27.8 Å². The summed E-state index contributed by atoms with van der Waals surface area (Å²) in [6.45, 7) is 0.121. The number of carbonyl (C=O) groups is 2. The molecule has 1 atom stereocenters. The average molecular weight is 433 g/mol. The van der Waals surface area contributed by atoms with Crippen LogP contribution in [0.15, 0.2) is 72.8 Å². The molecule has 0 aliphatic heterocycles. The van der Waals surface area contributed by atoms with Gasteiger partial charge in [-0.15, -0.1) is 0 Å². The number of nitrogens with one attached hydrogen (secondary N) is 1. The van der Waals surface area contributed by atoms with E-state index in [0.29, 0.717) is 12.8 Å². The highest BCUT2D eigenvalue weighted by Gasteiger charge is 2.29. The van der Waals surface area contributed by atoms with Gasteiger partial charge in [0.25, 0.3) is 0 Å². The Balaban J connectivity index is 1.34. The van der Waals surface area contributed by atoms with Crippen molar-refractivity contribution >= 4 is 12.1 Å². The molecule has 164 valence electrons. The minimum Gasteiger partial charge on any atom is -0.480 e. The quantitative estimate of drug-likeness (QED) is 0.516. The van der Waals surface area contributed by atoms with Crippen LogP contribution in [0.2, 0.25) is 0 Å². The lowest BCUT2D eigenvalue weighted by Gasteiger charge is -2.17. The van der Waals surface area contributed by atoms with Crippen molar-refractivity contribution in [3.8, 4) is 11.1 Å². The molecular formula is C26H24FNO4. The summed E-state index contributed by atoms with van der Waals surface area (Å²) in [6, 6.07) is 21.1. The molecule has 0 bridgehead atoms. The van der Waals surface area contributed by atoms with Gasteiger partial charge in [-0.2, -0.15) is 0 Å². The molecule has 1 aliphatic carbocycles. The summed E-state index contributed by atoms with van der Waals surface area (Å²) in [5.41, 5.74) is 5.21. The van der Waals surface area contributed by atoms with Gasteiger partial charge in [0.1, 0.15) is 18.5 Å². The Hall–Kier alpha value is -3.67. The summed E-state index contributed by atoms with van der Waals surface area (Å²) in [5.74, 6) is -1.55. The lowest BCUT2D eigenvalue weighted by atomic mass is 9.98. The van der Waals surface area contributed by atoms with Crippen molar-refractivity contribution in [1.29, 1.82) is 0 Å². The average Bonchev–Trinajstić information content (AvgIpc) is 3.11. The van der Waals surface area contributed by atoms with E-state index in [1.807, 2.05) is 48.5 Å². The second-order valence-electron chi connectivity index (χ2n) is 7.88. The van der Waals surface area contributed by atoms with Gasteiger partial charge in [-0.05, 0) is 59.2 Å². The number of aliphatic carboxylic acids is 1. The van der Waals surface area contributed by atoms with Gasteiger partial charge >= 0.3 is 12.1 Å². The number of hydrogen-bond acceptors (Lipinski definition) is 3. The summed E-state index contributed by atoms with van der Waals surface area (Å²) in [6.07, 6.45) is 0.471. The van der Waals surface area contributed by atoms with Crippen LogP contribution < -0.4 is 5.32 Å². The van der Waals surface area contributed by atoms with Gasteiger partial charge in [-0.25, -0.2) is 14.0 Å². The van der Waals surface area contributed by atoms with Crippen LogP contribution in [0.5, 0.6) is 0 Å². The van der Waals surface area contributed by atoms with E-state index in [4.69, 9.17) is 4.74 Å². The second-order valence-corrected chi connectivity index (χ2v) is 7.88. The van der Waals surface area contributed by atoms with Gasteiger partial charge in [-0.1, -0.05) is 60.7 Å². The lowest BCUT2D eigenvalue weighted by Crippen LogP contribution is -2.41. The molecule has 0 spiro atoms. The van der Waals surface area contributed by atoms with Crippen molar-refractivity contribution in [1.82, 2.24) is 5.32 Å². The molecule has 6 heteroatoms. The summed E-state index contributed by atoms with van der Waals surface area (Å²) >= 11 is 0. The van der Waals surface area contributed by atoms with Crippen LogP contribution in [-0.4, -0.2) is 29.8 Å². The Kier molecular flexibility index (Phi) is 6.50. The SMILES string of the molecule is O=C(N[C@@H](CCCc1cccc(F)c1)C(=O)O)OCC1c2ccccc2-c2ccccc21. The van der Waals surface area contributed by atoms with E-state index < -0.39 is 18.1 Å². The minimum absolute atomic E-state index is 0.0931. The first-order valence-corrected chi connectivity index (χ1v) is 10.6. The Morgan fingerprint density at radius 1 is 0.969 bits per heavy atom. The smallest absolute Gasteiger partial charge is 0.407 e. The topological polar surface area (TPSA) is 75.6 Å². The zero-order valence-corrected chi connectivity index (χ0v) is 17.5. The van der Waals surface area contributed by atoms with Crippen LogP contribution in [-0.2, 0) is 16.0 Å². The molecule has 0 radical (unpaired) electrons. The predicted molar refractivity (Wildman–Crippen MR) is 119 cm³/mol. The molecule has 3 aromatic rings. The minimum atomic E-state index is -1.13. The number of aryl methyl sites for hydroxylation is 1. The van der Waals surface area contributed by atoms with Crippen LogP contribution in [0.1, 0.15) is 35.4 Å². The second kappa shape index (κ2) is 9.64. The first kappa shape index (κ1) is 21.6. The predicted octanol–water partition coefficient (Wildman–Crippen LogP) is 5.14. The van der Waals surface area contributed by atoms with E-state index in [2.05, 4.69) is 5.32 Å². The molecule has 0 fully saturated rings. The highest BCUT2D eigenvalue weighted by molar-refractivity contribution is 5.81. The maximum Gasteiger partial charge on any atom is 0.407 e. The number of amides is 1. The van der Waals surface area contributed by atoms with E-state index >= 15 is 0 Å². The van der Waals surface area contributed by atoms with Crippen LogP contribution in [0.3, 0.4) is 0 Å². The number of benzene rings is 3. The van der Waals surface area contributed by atoms with Crippen molar-refractivity contribution in [2.75, 3.05) is 6.61 Å². The van der Waals surface area contributed by atoms with Gasteiger partial charge in [0.2, 0.25) is 0 Å². The highest BCUT2D eigenvalue weighted by Crippen LogP contribution is 2.44. The summed E-state index contributed by atoms with van der Waals surface area (Å²) in [5, 5.41) is 11.9. The van der Waals surface area contributed by atoms with Gasteiger partial charge in [0.05, 0.1) is 0 Å². The number of rotatable bonds is 8. The first-order valence-electron chi connectivity index (χ1n) is 10.6. The van der Waals surface area contributed by atoms with Crippen LogP contribution in [0.4, 0.5) is 9.18 Å². The fourth-order valence-electron chi connectivity index (χ4n) is 4.24.